The second kappa shape index (κ2) is 12.5. The van der Waals surface area contributed by atoms with Crippen LogP contribution in [0.15, 0.2) is 30.3 Å². The Balaban J connectivity index is 0.00000288. The van der Waals surface area contributed by atoms with Crippen molar-refractivity contribution in [2.45, 2.75) is 56.3 Å². The average Bonchev–Trinajstić information content (AvgIpc) is 2.96. The van der Waals surface area contributed by atoms with Gasteiger partial charge in [-0.3, -0.25) is 0 Å². The first-order valence-corrected chi connectivity index (χ1v) is 18.8. The van der Waals surface area contributed by atoms with Gasteiger partial charge in [-0.25, -0.2) is 0 Å². The van der Waals surface area contributed by atoms with E-state index < -0.39 is 27.1 Å². The van der Waals surface area contributed by atoms with Gasteiger partial charge < -0.3 is 24.8 Å². The van der Waals surface area contributed by atoms with Crippen LogP contribution in [0.25, 0.3) is 6.08 Å². The van der Waals surface area contributed by atoms with E-state index in [0.717, 1.165) is 19.3 Å². The topological polar surface area (TPSA) is 29.1 Å². The quantitative estimate of drug-likeness (QED) is 0.458. The molecule has 1 aliphatic carbocycles. The Labute approximate surface area is 174 Å². The third kappa shape index (κ3) is 6.65. The Morgan fingerprint density at radius 2 is 1.92 bits per heavy atom. The number of hydrogen-bond acceptors (Lipinski definition) is 1. The van der Waals surface area contributed by atoms with E-state index in [0.29, 0.717) is 9.53 Å². The maximum atomic E-state index is 12.8. The maximum absolute atomic E-state index is 12.8. The first kappa shape index (κ1) is 25.1. The molecule has 2 nitrogen and oxygen atoms in total. The average molecular weight is 479 g/mol. The minimum Gasteiger partial charge on any atom is -1.00 e. The van der Waals surface area contributed by atoms with E-state index in [1.54, 1.807) is 0 Å². The van der Waals surface area contributed by atoms with Gasteiger partial charge in [-0.2, -0.15) is 0 Å². The van der Waals surface area contributed by atoms with Gasteiger partial charge in [0, 0.05) is 0 Å². The Bertz CT molecular complexity index is 568. The van der Waals surface area contributed by atoms with Crippen molar-refractivity contribution < 1.29 is 50.8 Å². The molecule has 2 atom stereocenters. The summed E-state index contributed by atoms with van der Waals surface area (Å²) in [5.74, 6) is -0.243. The third-order valence-electron chi connectivity index (χ3n) is 4.79. The second-order valence-corrected chi connectivity index (χ2v) is 25.7. The Kier molecular flexibility index (Phi) is 12.5. The van der Waals surface area contributed by atoms with E-state index >= 15 is 0 Å². The van der Waals surface area contributed by atoms with Crippen LogP contribution in [0.5, 0.6) is 0 Å². The van der Waals surface area contributed by atoms with Crippen LogP contribution in [0.1, 0.15) is 54.3 Å². The molecule has 0 saturated carbocycles. The monoisotopic (exact) mass is 476 g/mol. The van der Waals surface area contributed by atoms with E-state index in [1.165, 1.54) is 17.5 Å². The minimum atomic E-state index is -1.98. The Morgan fingerprint density at radius 1 is 1.24 bits per heavy atom. The zero-order chi connectivity index (χ0) is 16.8. The summed E-state index contributed by atoms with van der Waals surface area (Å²) in [5.41, 5.74) is 2.82. The molecule has 0 radical (unpaired) electrons. The molecule has 2 unspecified atom stereocenters. The normalized spacial score (nSPS) is 15.8. The second-order valence-electron chi connectivity index (χ2n) is 6.81. The number of allylic oxidation sites excluding steroid dienone is 1. The van der Waals surface area contributed by atoms with Crippen molar-refractivity contribution in [3.8, 4) is 0 Å². The van der Waals surface area contributed by atoms with Crippen LogP contribution in [0.2, 0.25) is 13.1 Å². The zero-order valence-electron chi connectivity index (χ0n) is 15.7. The summed E-state index contributed by atoms with van der Waals surface area (Å²) in [4.78, 5) is 12.8. The number of carbonyl (C=O) groups is 1. The van der Waals surface area contributed by atoms with Crippen LogP contribution in [-0.2, 0) is 26.0 Å². The molecule has 1 N–H and O–H groups in total. The van der Waals surface area contributed by atoms with Crippen LogP contribution in [-0.4, -0.2) is 11.8 Å². The van der Waals surface area contributed by atoms with Gasteiger partial charge in [0.25, 0.3) is 0 Å². The van der Waals surface area contributed by atoms with Gasteiger partial charge in [-0.1, -0.05) is 0 Å². The molecular formula is C19H30Cl2NOSiZr. The van der Waals surface area contributed by atoms with E-state index in [2.05, 4.69) is 66.6 Å². The molecular weight excluding hydrogens is 448 g/mol. The number of unbranched alkanes of at least 4 members (excludes halogenated alkanes) is 1. The van der Waals surface area contributed by atoms with Gasteiger partial charge in [0.2, 0.25) is 0 Å². The summed E-state index contributed by atoms with van der Waals surface area (Å²) in [7, 11) is 0. The van der Waals surface area contributed by atoms with Crippen molar-refractivity contribution in [1.82, 2.24) is 3.26 Å². The molecule has 1 aromatic rings. The molecule has 2 rings (SSSR count). The Hall–Kier alpha value is 0.110. The van der Waals surface area contributed by atoms with E-state index in [-0.39, 0.29) is 30.7 Å². The van der Waals surface area contributed by atoms with Gasteiger partial charge in [-0.15, -0.1) is 0 Å². The molecule has 25 heavy (non-hydrogen) atoms. The molecule has 1 amide bonds. The summed E-state index contributed by atoms with van der Waals surface area (Å²) >= 11 is -1.98. The standard InChI is InChI=1S/C9H7.C8H17NO.C2H7Si.2ClH.Zr/c1-2-5-9-7-3-6-8(9)4-1;1-3-5-6-7(4-2)8(9)10;1-3-2;;;/h1-7H;7H,3-6H2,1-2H3,(H2,9,10);3H,1-2H3;2*1H;/q;;;;;+3/p-3. The van der Waals surface area contributed by atoms with Crippen LogP contribution >= 0.6 is 0 Å². The van der Waals surface area contributed by atoms with E-state index in [1.807, 2.05) is 0 Å². The molecule has 6 heteroatoms. The first-order valence-electron chi connectivity index (χ1n) is 9.03. The smallest absolute Gasteiger partial charge is 1.00 e. The van der Waals surface area contributed by atoms with Crippen molar-refractivity contribution in [1.29, 1.82) is 0 Å². The van der Waals surface area contributed by atoms with Gasteiger partial charge >= 0.3 is 151 Å². The summed E-state index contributed by atoms with van der Waals surface area (Å²) < 4.78 is 4.18. The number of halogens is 2. The SMILES string of the molecule is CCCCC(CC)C(=O)[NH][Zr+2]([CH]1C=Cc2ccccc21)[SiH](C)C.[Cl-].[Cl-]. The van der Waals surface area contributed by atoms with E-state index in [9.17, 15) is 4.79 Å². The number of fused-ring (bicyclic) bond motifs is 1. The van der Waals surface area contributed by atoms with Gasteiger partial charge in [0.15, 0.2) is 0 Å². The predicted octanol–water partition coefficient (Wildman–Crippen LogP) is -1.39. The van der Waals surface area contributed by atoms with Crippen LogP contribution in [0.3, 0.4) is 0 Å². The molecule has 0 bridgehead atoms. The van der Waals surface area contributed by atoms with Gasteiger partial charge in [-0.05, 0) is 0 Å². The first-order chi connectivity index (χ1) is 11.1. The zero-order valence-corrected chi connectivity index (χ0v) is 20.8. The van der Waals surface area contributed by atoms with Gasteiger partial charge in [0.05, 0.1) is 0 Å². The summed E-state index contributed by atoms with van der Waals surface area (Å²) in [5, 5.41) is 0. The molecule has 0 saturated heterocycles. The predicted molar refractivity (Wildman–Crippen MR) is 98.5 cm³/mol. The minimum absolute atomic E-state index is 0. The van der Waals surface area contributed by atoms with Crippen molar-refractivity contribution in [2.24, 2.45) is 5.92 Å². The number of hydrogen-bond donors (Lipinski definition) is 1. The fourth-order valence-corrected chi connectivity index (χ4v) is 18.1. The number of benzene rings is 1. The largest absolute Gasteiger partial charge is 1.00 e. The molecule has 0 aliphatic heterocycles. The van der Waals surface area contributed by atoms with Crippen LogP contribution < -0.4 is 28.1 Å². The summed E-state index contributed by atoms with van der Waals surface area (Å²) in [6.07, 6.45) is 8.99. The fraction of sp³-hybridized carbons (Fsp3) is 0.526. The number of amides is 1. The molecule has 0 fully saturated rings. The molecule has 139 valence electrons. The molecule has 0 aromatic heterocycles. The van der Waals surface area contributed by atoms with Crippen molar-refractivity contribution >= 4 is 17.9 Å². The van der Waals surface area contributed by atoms with Crippen molar-refractivity contribution in [2.75, 3.05) is 0 Å². The maximum Gasteiger partial charge on any atom is -1.00 e. The number of nitrogens with one attached hydrogen (secondary N) is 1. The van der Waals surface area contributed by atoms with Crippen LogP contribution in [0, 0.1) is 5.92 Å². The van der Waals surface area contributed by atoms with Crippen LogP contribution in [0.4, 0.5) is 0 Å². The molecule has 0 spiro atoms. The fourth-order valence-electron chi connectivity index (χ4n) is 3.32. The summed E-state index contributed by atoms with van der Waals surface area (Å²) in [6, 6.07) is 8.71. The third-order valence-corrected chi connectivity index (χ3v) is 22.4. The molecule has 0 heterocycles. The van der Waals surface area contributed by atoms with E-state index in [4.69, 9.17) is 0 Å². The molecule has 1 aliphatic rings. The van der Waals surface area contributed by atoms with Crippen molar-refractivity contribution in [3.05, 3.63) is 41.5 Å². The Morgan fingerprint density at radius 3 is 2.52 bits per heavy atom. The number of carbonyl (C=O) groups excluding carboxylic acids is 1. The summed E-state index contributed by atoms with van der Waals surface area (Å²) in [6.45, 7) is 9.21. The number of rotatable bonds is 8. The van der Waals surface area contributed by atoms with Crippen molar-refractivity contribution in [3.63, 3.8) is 0 Å². The van der Waals surface area contributed by atoms with Gasteiger partial charge in [0.1, 0.15) is 0 Å². The molecule has 1 aromatic carbocycles.